The second kappa shape index (κ2) is 6.28. The van der Waals surface area contributed by atoms with Crippen LogP contribution in [0.5, 0.6) is 5.75 Å². The molecule has 4 rings (SSSR count). The highest BCUT2D eigenvalue weighted by Crippen LogP contribution is 2.40. The third-order valence-corrected chi connectivity index (χ3v) is 5.50. The van der Waals surface area contributed by atoms with Gasteiger partial charge in [0.25, 0.3) is 5.56 Å². The van der Waals surface area contributed by atoms with Gasteiger partial charge in [0.2, 0.25) is 0 Å². The molecule has 0 spiro atoms. The van der Waals surface area contributed by atoms with Crippen molar-refractivity contribution < 1.29 is 9.50 Å². The normalized spacial score (nSPS) is 11.4. The molecule has 0 aliphatic heterocycles. The van der Waals surface area contributed by atoms with Crippen LogP contribution >= 0.6 is 27.3 Å². The van der Waals surface area contributed by atoms with E-state index in [0.717, 1.165) is 16.3 Å². The standard InChI is InChI=1S/C19H13BrFNO2S/c20-7-8-22-14-4-5-15(23)16(11-2-1-3-12(21)10-11)17(14)13-6-9-25-18(13)19(22)24/h1-6,9-10,23H,7-8H2. The van der Waals surface area contributed by atoms with Gasteiger partial charge in [-0.2, -0.15) is 0 Å². The number of aromatic hydroxyl groups is 1. The van der Waals surface area contributed by atoms with Gasteiger partial charge in [-0.05, 0) is 41.3 Å². The largest absolute Gasteiger partial charge is 0.507 e. The fourth-order valence-corrected chi connectivity index (χ4v) is 4.43. The van der Waals surface area contributed by atoms with E-state index in [4.69, 9.17) is 0 Å². The number of aromatic nitrogens is 1. The molecule has 0 saturated heterocycles. The summed E-state index contributed by atoms with van der Waals surface area (Å²) in [5.74, 6) is -0.307. The number of benzene rings is 2. The molecule has 0 bridgehead atoms. The molecule has 1 N–H and O–H groups in total. The number of alkyl halides is 1. The van der Waals surface area contributed by atoms with E-state index in [2.05, 4.69) is 15.9 Å². The van der Waals surface area contributed by atoms with Gasteiger partial charge in [-0.3, -0.25) is 4.79 Å². The zero-order valence-electron chi connectivity index (χ0n) is 13.0. The average Bonchev–Trinajstić information content (AvgIpc) is 3.08. The van der Waals surface area contributed by atoms with Gasteiger partial charge in [0.1, 0.15) is 16.3 Å². The molecule has 0 atom stereocenters. The predicted molar refractivity (Wildman–Crippen MR) is 104 cm³/mol. The molecule has 126 valence electrons. The molecular weight excluding hydrogens is 405 g/mol. The number of hydrogen-bond acceptors (Lipinski definition) is 3. The van der Waals surface area contributed by atoms with Crippen molar-refractivity contribution >= 4 is 48.3 Å². The maximum Gasteiger partial charge on any atom is 0.269 e. The van der Waals surface area contributed by atoms with Gasteiger partial charge in [0, 0.05) is 28.2 Å². The summed E-state index contributed by atoms with van der Waals surface area (Å²) >= 11 is 4.77. The Kier molecular flexibility index (Phi) is 4.09. The number of fused-ring (bicyclic) bond motifs is 3. The van der Waals surface area contributed by atoms with E-state index in [-0.39, 0.29) is 17.1 Å². The Balaban J connectivity index is 2.24. The number of thiophene rings is 1. The summed E-state index contributed by atoms with van der Waals surface area (Å²) in [5.41, 5.74) is 1.81. The monoisotopic (exact) mass is 417 g/mol. The number of hydrogen-bond donors (Lipinski definition) is 1. The van der Waals surface area contributed by atoms with Crippen molar-refractivity contribution in [3.8, 4) is 16.9 Å². The second-order valence-corrected chi connectivity index (χ2v) is 7.38. The van der Waals surface area contributed by atoms with E-state index in [1.54, 1.807) is 28.8 Å². The molecule has 0 aliphatic rings. The highest BCUT2D eigenvalue weighted by Gasteiger charge is 2.18. The smallest absolute Gasteiger partial charge is 0.269 e. The minimum absolute atomic E-state index is 0.0483. The lowest BCUT2D eigenvalue weighted by Gasteiger charge is -2.15. The van der Waals surface area contributed by atoms with E-state index >= 15 is 0 Å². The minimum Gasteiger partial charge on any atom is -0.507 e. The van der Waals surface area contributed by atoms with Gasteiger partial charge in [-0.1, -0.05) is 28.1 Å². The molecule has 2 aromatic heterocycles. The molecule has 0 fully saturated rings. The molecule has 2 heterocycles. The van der Waals surface area contributed by atoms with Crippen LogP contribution in [0.25, 0.3) is 32.1 Å². The first-order chi connectivity index (χ1) is 12.1. The fourth-order valence-electron chi connectivity index (χ4n) is 3.22. The Morgan fingerprint density at radius 3 is 2.80 bits per heavy atom. The zero-order valence-corrected chi connectivity index (χ0v) is 15.4. The lowest BCUT2D eigenvalue weighted by molar-refractivity contribution is 0.478. The fraction of sp³-hybridized carbons (Fsp3) is 0.105. The lowest BCUT2D eigenvalue weighted by Crippen LogP contribution is -2.20. The number of pyridine rings is 1. The van der Waals surface area contributed by atoms with Gasteiger partial charge in [-0.25, -0.2) is 4.39 Å². The third-order valence-electron chi connectivity index (χ3n) is 4.25. The first-order valence-electron chi connectivity index (χ1n) is 7.69. The Labute approximate surface area is 155 Å². The van der Waals surface area contributed by atoms with Gasteiger partial charge >= 0.3 is 0 Å². The van der Waals surface area contributed by atoms with E-state index in [1.807, 2.05) is 11.4 Å². The highest BCUT2D eigenvalue weighted by molar-refractivity contribution is 9.09. The molecule has 0 radical (unpaired) electrons. The molecule has 2 aromatic carbocycles. The summed E-state index contributed by atoms with van der Waals surface area (Å²) < 4.78 is 16.1. The maximum absolute atomic E-state index is 13.8. The van der Waals surface area contributed by atoms with Crippen molar-refractivity contribution in [1.82, 2.24) is 4.57 Å². The summed E-state index contributed by atoms with van der Waals surface area (Å²) in [5, 5.41) is 14.6. The maximum atomic E-state index is 13.8. The van der Waals surface area contributed by atoms with E-state index in [9.17, 15) is 14.3 Å². The average molecular weight is 418 g/mol. The van der Waals surface area contributed by atoms with Gasteiger partial charge in [0.05, 0.1) is 5.52 Å². The summed E-state index contributed by atoms with van der Waals surface area (Å²) in [4.78, 5) is 12.8. The van der Waals surface area contributed by atoms with Crippen LogP contribution in [0.3, 0.4) is 0 Å². The Bertz CT molecular complexity index is 1170. The third kappa shape index (κ3) is 2.56. The second-order valence-electron chi connectivity index (χ2n) is 5.67. The first kappa shape index (κ1) is 16.3. The molecule has 4 aromatic rings. The molecule has 25 heavy (non-hydrogen) atoms. The lowest BCUT2D eigenvalue weighted by atomic mass is 9.97. The molecule has 3 nitrogen and oxygen atoms in total. The molecule has 0 aliphatic carbocycles. The first-order valence-corrected chi connectivity index (χ1v) is 9.69. The topological polar surface area (TPSA) is 42.2 Å². The van der Waals surface area contributed by atoms with Crippen LogP contribution in [0, 0.1) is 5.82 Å². The Morgan fingerprint density at radius 2 is 2.04 bits per heavy atom. The Hall–Kier alpha value is -2.18. The quantitative estimate of drug-likeness (QED) is 0.469. The van der Waals surface area contributed by atoms with Gasteiger partial charge in [0.15, 0.2) is 0 Å². The number of rotatable bonds is 3. The molecular formula is C19H13BrFNO2S. The number of nitrogens with zero attached hydrogens (tertiary/aromatic N) is 1. The van der Waals surface area contributed by atoms with Crippen molar-refractivity contribution in [1.29, 1.82) is 0 Å². The van der Waals surface area contributed by atoms with Crippen LogP contribution < -0.4 is 5.56 Å². The number of aryl methyl sites for hydroxylation is 1. The van der Waals surface area contributed by atoms with Crippen molar-refractivity contribution in [3.63, 3.8) is 0 Å². The van der Waals surface area contributed by atoms with Crippen LogP contribution in [0.4, 0.5) is 4.39 Å². The van der Waals surface area contributed by atoms with Crippen LogP contribution in [0.1, 0.15) is 0 Å². The highest BCUT2D eigenvalue weighted by atomic mass is 79.9. The van der Waals surface area contributed by atoms with E-state index in [1.165, 1.54) is 23.5 Å². The van der Waals surface area contributed by atoms with Crippen LogP contribution in [0.2, 0.25) is 0 Å². The van der Waals surface area contributed by atoms with Crippen LogP contribution in [-0.4, -0.2) is 15.0 Å². The summed E-state index contributed by atoms with van der Waals surface area (Å²) in [6.45, 7) is 0.510. The molecule has 0 unspecified atom stereocenters. The predicted octanol–water partition coefficient (Wildman–Crippen LogP) is 5.12. The van der Waals surface area contributed by atoms with Crippen molar-refractivity contribution in [2.45, 2.75) is 6.54 Å². The molecule has 0 amide bonds. The summed E-state index contributed by atoms with van der Waals surface area (Å²) in [6.07, 6.45) is 0. The number of phenols is 1. The van der Waals surface area contributed by atoms with Crippen molar-refractivity contribution in [3.05, 3.63) is 64.0 Å². The Morgan fingerprint density at radius 1 is 1.20 bits per heavy atom. The summed E-state index contributed by atoms with van der Waals surface area (Å²) in [6, 6.07) is 11.3. The van der Waals surface area contributed by atoms with E-state index in [0.29, 0.717) is 27.7 Å². The van der Waals surface area contributed by atoms with Crippen molar-refractivity contribution in [2.75, 3.05) is 5.33 Å². The summed E-state index contributed by atoms with van der Waals surface area (Å²) in [7, 11) is 0. The SMILES string of the molecule is O=c1c2sccc2c2c(-c3cccc(F)c3)c(O)ccc2n1CCBr. The minimum atomic E-state index is -0.371. The number of phenolic OH excluding ortho intramolecular Hbond substituents is 1. The van der Waals surface area contributed by atoms with Crippen LogP contribution in [0.15, 0.2) is 52.6 Å². The van der Waals surface area contributed by atoms with Gasteiger partial charge in [-0.15, -0.1) is 11.3 Å². The van der Waals surface area contributed by atoms with Crippen LogP contribution in [-0.2, 0) is 6.54 Å². The zero-order chi connectivity index (χ0) is 17.6. The molecule has 0 saturated carbocycles. The number of halogens is 2. The van der Waals surface area contributed by atoms with Gasteiger partial charge < -0.3 is 9.67 Å². The van der Waals surface area contributed by atoms with Crippen molar-refractivity contribution in [2.24, 2.45) is 0 Å². The molecule has 6 heteroatoms. The van der Waals surface area contributed by atoms with E-state index < -0.39 is 0 Å².